The molecule has 117 heavy (non-hydrogen) atoms. The topological polar surface area (TPSA) is 220 Å². The number of unbranched alkanes of at least 4 members (excludes halogenated alkanes) is 36. The molecule has 0 aromatic carbocycles. The lowest BCUT2D eigenvalue weighted by Crippen LogP contribution is -2.39. The van der Waals surface area contributed by atoms with E-state index < -0.39 is 18.3 Å². The van der Waals surface area contributed by atoms with Crippen molar-refractivity contribution in [3.8, 4) is 0 Å². The molecule has 19 heteroatoms. The Balaban J connectivity index is -0.00000198. The molecular formula is C98H194N4O15. The average molecular weight is 1670 g/mol. The largest absolute Gasteiger partial charge is 0.508 e. The highest BCUT2D eigenvalue weighted by Crippen LogP contribution is 2.24. The van der Waals surface area contributed by atoms with Crippen molar-refractivity contribution in [2.75, 3.05) is 118 Å². The molecule has 0 rings (SSSR count). The van der Waals surface area contributed by atoms with Crippen molar-refractivity contribution in [3.63, 3.8) is 0 Å². The van der Waals surface area contributed by atoms with Crippen LogP contribution < -0.4 is 0 Å². The van der Waals surface area contributed by atoms with Crippen molar-refractivity contribution >= 4 is 36.2 Å². The van der Waals surface area contributed by atoms with Gasteiger partial charge in [0, 0.05) is 78.0 Å². The van der Waals surface area contributed by atoms with E-state index in [4.69, 9.17) is 38.3 Å². The summed E-state index contributed by atoms with van der Waals surface area (Å²) in [5.41, 5.74) is 0. The van der Waals surface area contributed by atoms with Crippen LogP contribution in [0.1, 0.15) is 455 Å². The van der Waals surface area contributed by atoms with Gasteiger partial charge < -0.3 is 53.2 Å². The van der Waals surface area contributed by atoms with Crippen molar-refractivity contribution in [3.05, 3.63) is 0 Å². The van der Waals surface area contributed by atoms with Crippen LogP contribution in [0, 0.1) is 11.8 Å². The Hall–Kier alpha value is -3.78. The number of carbonyl (C=O) groups is 6. The second-order valence-corrected chi connectivity index (χ2v) is 33.6. The Morgan fingerprint density at radius 2 is 0.479 bits per heavy atom. The Labute approximate surface area is 722 Å². The molecule has 0 heterocycles. The maximum atomic E-state index is 12.9. The van der Waals surface area contributed by atoms with Gasteiger partial charge in [-0.1, -0.05) is 327 Å². The third kappa shape index (κ3) is 86.9. The number of carboxylic acids is 1. The molecule has 0 bridgehead atoms. The molecule has 3 atom stereocenters. The van der Waals surface area contributed by atoms with E-state index in [1.165, 1.54) is 193 Å². The standard InChI is InChI=1S/C48H94N2O7.C41H82N2O6.C9H18O2/c1-7-13-17-19-23-29-35-46(51)54-41-39-50(38-37-49(11-5)12-6)40-42-55-48(53)57-45(33-27-18-14-8-2)34-28-22-20-21-24-30-36-47(52)56-43-44(31-25-15-9-3)32-26-16-10-4;1-6-11-14-18-22-27-38(26-21-13-8-3)37-48-40(45)30-25-20-17-16-19-24-29-39(28-23-15-12-7-2)49-41(46)47-36-34-43(33-35-44)32-31-42(9-4)10-5;1-2-3-4-5-6-7-8-9(10)11/h44-45H,7-43H2,1-6H3;38-39,44H,6-37H2,1-5H3;2-8H2,1H3,(H,10,11). The normalized spacial score (nSPS) is 12.2. The van der Waals surface area contributed by atoms with Gasteiger partial charge in [0.2, 0.25) is 0 Å². The van der Waals surface area contributed by atoms with Gasteiger partial charge in [-0.2, -0.15) is 0 Å². The summed E-state index contributed by atoms with van der Waals surface area (Å²) in [5, 5.41) is 17.8. The minimum absolute atomic E-state index is 0.0258. The van der Waals surface area contributed by atoms with Crippen LogP contribution in [-0.2, 0) is 52.3 Å². The molecule has 0 aliphatic rings. The van der Waals surface area contributed by atoms with E-state index in [0.717, 1.165) is 206 Å². The van der Waals surface area contributed by atoms with E-state index in [1.807, 2.05) is 0 Å². The molecule has 0 fully saturated rings. The quantitative estimate of drug-likeness (QED) is 0.0328. The number of hydrogen-bond donors (Lipinski definition) is 2. The Morgan fingerprint density at radius 3 is 0.778 bits per heavy atom. The number of carboxylic acid groups (broad SMARTS) is 1. The summed E-state index contributed by atoms with van der Waals surface area (Å²) >= 11 is 0. The molecule has 2 N–H and O–H groups in total. The van der Waals surface area contributed by atoms with E-state index in [9.17, 15) is 33.9 Å². The SMILES string of the molecule is CCCCCCCC(CCCCC)COC(=O)CCCCCCCCC(CCCCCC)OC(=O)OCCN(CCO)CCN(CC)CC.CCCCCCCCC(=O)O.CCCCCCCCC(=O)OCCN(CCOC(=O)OC(CCCCCC)CCCCCCCCC(=O)OCC(CCCCC)CCCCC)CCN(CC)CC. The van der Waals surface area contributed by atoms with Gasteiger partial charge in [0.1, 0.15) is 32.0 Å². The van der Waals surface area contributed by atoms with E-state index in [1.54, 1.807) is 0 Å². The lowest BCUT2D eigenvalue weighted by Gasteiger charge is -2.26. The van der Waals surface area contributed by atoms with Crippen LogP contribution in [0.3, 0.4) is 0 Å². The van der Waals surface area contributed by atoms with Gasteiger partial charge in [0.25, 0.3) is 0 Å². The number of hydrogen-bond acceptors (Lipinski definition) is 18. The molecule has 0 spiro atoms. The van der Waals surface area contributed by atoms with Gasteiger partial charge in [-0.15, -0.1) is 0 Å². The number of likely N-dealkylation sites (N-methyl/N-ethyl adjacent to an activating group) is 2. The first-order chi connectivity index (χ1) is 57.0. The van der Waals surface area contributed by atoms with Gasteiger partial charge >= 0.3 is 36.2 Å². The minimum atomic E-state index is -0.666. The molecule has 0 aromatic rings. The fourth-order valence-corrected chi connectivity index (χ4v) is 14.9. The van der Waals surface area contributed by atoms with Gasteiger partial charge in [-0.25, -0.2) is 9.59 Å². The first-order valence-corrected chi connectivity index (χ1v) is 49.9. The third-order valence-electron chi connectivity index (χ3n) is 23.0. The number of nitrogens with zero attached hydrogens (tertiary/aromatic N) is 4. The van der Waals surface area contributed by atoms with Crippen LogP contribution in [0.5, 0.6) is 0 Å². The lowest BCUT2D eigenvalue weighted by atomic mass is 9.95. The fraction of sp³-hybridized carbons (Fsp3) is 0.939. The van der Waals surface area contributed by atoms with Crippen LogP contribution in [0.15, 0.2) is 0 Å². The van der Waals surface area contributed by atoms with Crippen LogP contribution in [0.2, 0.25) is 0 Å². The molecule has 0 saturated heterocycles. The highest BCUT2D eigenvalue weighted by Gasteiger charge is 2.21. The maximum absolute atomic E-state index is 12.9. The fourth-order valence-electron chi connectivity index (χ4n) is 14.9. The third-order valence-corrected chi connectivity index (χ3v) is 23.0. The van der Waals surface area contributed by atoms with Crippen molar-refractivity contribution in [1.82, 2.24) is 19.6 Å². The molecule has 0 aromatic heterocycles. The van der Waals surface area contributed by atoms with Crippen LogP contribution in [-0.4, -0.2) is 196 Å². The first kappa shape index (κ1) is 117. The maximum Gasteiger partial charge on any atom is 0.508 e. The van der Waals surface area contributed by atoms with Crippen LogP contribution >= 0.6 is 0 Å². The molecular weight excluding hydrogens is 1470 g/mol. The highest BCUT2D eigenvalue weighted by molar-refractivity contribution is 5.70. The summed E-state index contributed by atoms with van der Waals surface area (Å²) in [7, 11) is 0. The molecule has 0 amide bonds. The molecule has 0 saturated carbocycles. The van der Waals surface area contributed by atoms with E-state index in [-0.39, 0.29) is 49.9 Å². The summed E-state index contributed by atoms with van der Waals surface area (Å²) in [6.07, 6.45) is 62.0. The predicted octanol–water partition coefficient (Wildman–Crippen LogP) is 26.0. The van der Waals surface area contributed by atoms with Crippen LogP contribution in [0.25, 0.3) is 0 Å². The second kappa shape index (κ2) is 94.5. The molecule has 3 unspecified atom stereocenters. The van der Waals surface area contributed by atoms with Crippen molar-refractivity contribution in [2.24, 2.45) is 11.8 Å². The summed E-state index contributed by atoms with van der Waals surface area (Å²) in [6.45, 7) is 38.4. The number of rotatable bonds is 87. The minimum Gasteiger partial charge on any atom is -0.481 e. The number of aliphatic carboxylic acids is 1. The molecule has 0 radical (unpaired) electrons. The van der Waals surface area contributed by atoms with Crippen molar-refractivity contribution in [2.45, 2.75) is 468 Å². The van der Waals surface area contributed by atoms with Gasteiger partial charge in [-0.05, 0) is 141 Å². The average Bonchev–Trinajstić information content (AvgIpc) is 0.969. The number of ether oxygens (including phenoxy) is 7. The molecule has 696 valence electrons. The van der Waals surface area contributed by atoms with Gasteiger partial charge in [0.05, 0.1) is 19.8 Å². The monoisotopic (exact) mass is 1670 g/mol. The predicted molar refractivity (Wildman–Crippen MR) is 489 cm³/mol. The molecule has 0 aliphatic heterocycles. The van der Waals surface area contributed by atoms with E-state index >= 15 is 0 Å². The van der Waals surface area contributed by atoms with Crippen molar-refractivity contribution in [1.29, 1.82) is 0 Å². The first-order valence-electron chi connectivity index (χ1n) is 49.9. The number of esters is 3. The Morgan fingerprint density at radius 1 is 0.248 bits per heavy atom. The van der Waals surface area contributed by atoms with Gasteiger partial charge in [0.15, 0.2) is 0 Å². The molecule has 0 aliphatic carbocycles. The summed E-state index contributed by atoms with van der Waals surface area (Å²) in [5.74, 6) is 0.189. The van der Waals surface area contributed by atoms with Crippen molar-refractivity contribution < 1.29 is 72.1 Å². The Kier molecular flexibility index (Phi) is 94.8. The highest BCUT2D eigenvalue weighted by atomic mass is 16.7. The summed E-state index contributed by atoms with van der Waals surface area (Å²) in [6, 6.07) is 0. The zero-order chi connectivity index (χ0) is 86.8. The number of carbonyl (C=O) groups excluding carboxylic acids is 5. The molecule has 19 nitrogen and oxygen atoms in total. The van der Waals surface area contributed by atoms with Gasteiger partial charge in [-0.3, -0.25) is 29.0 Å². The smallest absolute Gasteiger partial charge is 0.481 e. The zero-order valence-electron chi connectivity index (χ0n) is 79.0. The number of aliphatic hydroxyl groups is 1. The van der Waals surface area contributed by atoms with E-state index in [2.05, 4.69) is 103 Å². The second-order valence-electron chi connectivity index (χ2n) is 33.6. The van der Waals surface area contributed by atoms with E-state index in [0.29, 0.717) is 83.5 Å². The number of aliphatic hydroxyl groups excluding tert-OH is 1. The summed E-state index contributed by atoms with van der Waals surface area (Å²) < 4.78 is 39.8. The zero-order valence-corrected chi connectivity index (χ0v) is 79.0. The Bertz CT molecular complexity index is 2090. The summed E-state index contributed by atoms with van der Waals surface area (Å²) in [4.78, 5) is 81.8. The van der Waals surface area contributed by atoms with Crippen LogP contribution in [0.4, 0.5) is 9.59 Å². The lowest BCUT2D eigenvalue weighted by molar-refractivity contribution is -0.146.